The Bertz CT molecular complexity index is 1530. The van der Waals surface area contributed by atoms with Crippen LogP contribution in [0.2, 0.25) is 5.02 Å². The number of aromatic amines is 1. The first-order valence-corrected chi connectivity index (χ1v) is 9.93. The Balaban J connectivity index is 1.72. The van der Waals surface area contributed by atoms with E-state index in [9.17, 15) is 9.90 Å². The minimum atomic E-state index is -0.482. The molecule has 0 saturated carbocycles. The highest BCUT2D eigenvalue weighted by molar-refractivity contribution is 6.34. The third-order valence-electron chi connectivity index (χ3n) is 5.31. The number of halogens is 1. The maximum Gasteiger partial charge on any atom is 0.263 e. The second-order valence-corrected chi connectivity index (χ2v) is 7.72. The van der Waals surface area contributed by atoms with Crippen LogP contribution >= 0.6 is 11.6 Å². The van der Waals surface area contributed by atoms with Gasteiger partial charge >= 0.3 is 0 Å². The van der Waals surface area contributed by atoms with Crippen molar-refractivity contribution in [1.29, 1.82) is 0 Å². The van der Waals surface area contributed by atoms with Crippen LogP contribution in [0, 0.1) is 6.92 Å². The molecule has 0 spiro atoms. The Morgan fingerprint density at radius 1 is 1.06 bits per heavy atom. The van der Waals surface area contributed by atoms with E-state index in [-0.39, 0.29) is 17.1 Å². The molecule has 2 N–H and O–H groups in total. The molecule has 2 aromatic heterocycles. The predicted molar refractivity (Wildman–Crippen MR) is 121 cm³/mol. The molecular formula is C24H17ClN2O4. The van der Waals surface area contributed by atoms with Gasteiger partial charge in [0.2, 0.25) is 0 Å². The lowest BCUT2D eigenvalue weighted by molar-refractivity contribution is 0.415. The predicted octanol–water partition coefficient (Wildman–Crippen LogP) is 5.68. The summed E-state index contributed by atoms with van der Waals surface area (Å²) >= 11 is 6.55. The Morgan fingerprint density at radius 2 is 1.84 bits per heavy atom. The van der Waals surface area contributed by atoms with Crippen molar-refractivity contribution in [2.75, 3.05) is 7.11 Å². The summed E-state index contributed by atoms with van der Waals surface area (Å²) in [5, 5.41) is 17.7. The van der Waals surface area contributed by atoms with Crippen molar-refractivity contribution >= 4 is 33.3 Å². The van der Waals surface area contributed by atoms with E-state index < -0.39 is 5.56 Å². The first kappa shape index (κ1) is 19.2. The topological polar surface area (TPSA) is 88.3 Å². The van der Waals surface area contributed by atoms with Crippen molar-refractivity contribution in [2.24, 2.45) is 0 Å². The van der Waals surface area contributed by atoms with Gasteiger partial charge in [0, 0.05) is 17.0 Å². The number of aromatic nitrogens is 2. The van der Waals surface area contributed by atoms with Crippen molar-refractivity contribution in [1.82, 2.24) is 10.1 Å². The zero-order valence-electron chi connectivity index (χ0n) is 16.7. The second-order valence-electron chi connectivity index (χ2n) is 7.32. The van der Waals surface area contributed by atoms with Crippen molar-refractivity contribution in [2.45, 2.75) is 6.92 Å². The Morgan fingerprint density at radius 3 is 2.58 bits per heavy atom. The Labute approximate surface area is 181 Å². The third-order valence-corrected chi connectivity index (χ3v) is 5.62. The SMILES string of the molecule is COc1ccc2cc(-c3cc4c(O)c(-c5cc(C)no5)c(=O)[nH]c4cc3Cl)ccc2c1. The quantitative estimate of drug-likeness (QED) is 0.383. The van der Waals surface area contributed by atoms with Gasteiger partial charge in [0.15, 0.2) is 5.76 Å². The van der Waals surface area contributed by atoms with E-state index in [1.54, 1.807) is 32.2 Å². The zero-order chi connectivity index (χ0) is 21.7. The van der Waals surface area contributed by atoms with E-state index in [1.807, 2.05) is 36.4 Å². The monoisotopic (exact) mass is 432 g/mol. The summed E-state index contributed by atoms with van der Waals surface area (Å²) in [5.74, 6) is 0.806. The summed E-state index contributed by atoms with van der Waals surface area (Å²) in [5.41, 5.74) is 2.21. The van der Waals surface area contributed by atoms with E-state index >= 15 is 0 Å². The molecule has 2 heterocycles. The maximum absolute atomic E-state index is 12.6. The van der Waals surface area contributed by atoms with Gasteiger partial charge in [-0.2, -0.15) is 0 Å². The molecule has 0 saturated heterocycles. The van der Waals surface area contributed by atoms with Crippen LogP contribution in [0.15, 0.2) is 63.9 Å². The average molecular weight is 433 g/mol. The first-order valence-electron chi connectivity index (χ1n) is 9.55. The third kappa shape index (κ3) is 3.21. The largest absolute Gasteiger partial charge is 0.506 e. The molecule has 0 bridgehead atoms. The number of nitrogens with zero attached hydrogens (tertiary/aromatic N) is 1. The molecule has 0 aliphatic heterocycles. The number of hydrogen-bond acceptors (Lipinski definition) is 5. The van der Waals surface area contributed by atoms with Crippen molar-refractivity contribution in [3.63, 3.8) is 0 Å². The van der Waals surface area contributed by atoms with Crippen LogP contribution in [0.25, 0.3) is 44.1 Å². The lowest BCUT2D eigenvalue weighted by atomic mass is 9.98. The molecule has 0 aliphatic rings. The molecule has 3 aromatic carbocycles. The smallest absolute Gasteiger partial charge is 0.263 e. The zero-order valence-corrected chi connectivity index (χ0v) is 17.4. The highest BCUT2D eigenvalue weighted by Gasteiger charge is 2.19. The molecule has 0 fully saturated rings. The van der Waals surface area contributed by atoms with Gasteiger partial charge in [0.1, 0.15) is 17.1 Å². The van der Waals surface area contributed by atoms with Crippen LogP contribution < -0.4 is 10.3 Å². The minimum Gasteiger partial charge on any atom is -0.506 e. The molecule has 0 radical (unpaired) electrons. The standard InChI is InChI=1S/C24H17ClN2O4/c1-12-7-21(31-27-12)22-23(28)18-10-17(19(25)11-20(18)26-24(22)29)15-4-3-14-9-16(30-2)6-5-13(14)8-15/h3-11H,1-2H3,(H2,26,28,29). The maximum atomic E-state index is 12.6. The molecule has 0 aliphatic carbocycles. The Kier molecular flexibility index (Phi) is 4.45. The van der Waals surface area contributed by atoms with Gasteiger partial charge in [-0.15, -0.1) is 0 Å². The number of aryl methyl sites for hydroxylation is 1. The second kappa shape index (κ2) is 7.18. The number of ether oxygens (including phenoxy) is 1. The van der Waals surface area contributed by atoms with Crippen molar-refractivity contribution in [3.8, 4) is 33.9 Å². The van der Waals surface area contributed by atoms with Crippen LogP contribution in [0.5, 0.6) is 11.5 Å². The highest BCUT2D eigenvalue weighted by atomic mass is 35.5. The molecule has 7 heteroatoms. The number of rotatable bonds is 3. The van der Waals surface area contributed by atoms with E-state index in [4.69, 9.17) is 20.9 Å². The van der Waals surface area contributed by atoms with Crippen LogP contribution in [-0.2, 0) is 0 Å². The lowest BCUT2D eigenvalue weighted by Crippen LogP contribution is -2.09. The summed E-state index contributed by atoms with van der Waals surface area (Å²) in [6, 6.07) is 16.8. The van der Waals surface area contributed by atoms with Gasteiger partial charge in [-0.05, 0) is 53.6 Å². The van der Waals surface area contributed by atoms with Crippen LogP contribution in [0.3, 0.4) is 0 Å². The molecule has 0 amide bonds. The van der Waals surface area contributed by atoms with Crippen LogP contribution in [0.1, 0.15) is 5.69 Å². The van der Waals surface area contributed by atoms with E-state index in [1.165, 1.54) is 0 Å². The van der Waals surface area contributed by atoms with E-state index in [0.29, 0.717) is 21.6 Å². The number of hydrogen-bond donors (Lipinski definition) is 2. The number of pyridine rings is 1. The summed E-state index contributed by atoms with van der Waals surface area (Å²) in [6.07, 6.45) is 0. The molecule has 0 unspecified atom stereocenters. The van der Waals surface area contributed by atoms with Gasteiger partial charge in [-0.1, -0.05) is 35.0 Å². The lowest BCUT2D eigenvalue weighted by Gasteiger charge is -2.11. The fourth-order valence-corrected chi connectivity index (χ4v) is 4.02. The van der Waals surface area contributed by atoms with Crippen LogP contribution in [0.4, 0.5) is 0 Å². The van der Waals surface area contributed by atoms with Crippen molar-refractivity contribution in [3.05, 3.63) is 75.7 Å². The van der Waals surface area contributed by atoms with E-state index in [0.717, 1.165) is 27.6 Å². The summed E-state index contributed by atoms with van der Waals surface area (Å²) < 4.78 is 10.5. The number of benzene rings is 3. The number of nitrogens with one attached hydrogen (secondary N) is 1. The van der Waals surface area contributed by atoms with Gasteiger partial charge in [-0.25, -0.2) is 0 Å². The molecule has 5 aromatic rings. The van der Waals surface area contributed by atoms with Gasteiger partial charge in [0.05, 0.1) is 23.3 Å². The molecule has 5 rings (SSSR count). The summed E-state index contributed by atoms with van der Waals surface area (Å²) in [7, 11) is 1.63. The fraction of sp³-hybridized carbons (Fsp3) is 0.0833. The number of aromatic hydroxyl groups is 1. The minimum absolute atomic E-state index is 0.0342. The molecule has 0 atom stereocenters. The van der Waals surface area contributed by atoms with Gasteiger partial charge < -0.3 is 19.4 Å². The van der Waals surface area contributed by atoms with Gasteiger partial charge in [-0.3, -0.25) is 4.79 Å². The normalized spacial score (nSPS) is 11.3. The fourth-order valence-electron chi connectivity index (χ4n) is 3.75. The molecule has 154 valence electrons. The molecular weight excluding hydrogens is 416 g/mol. The van der Waals surface area contributed by atoms with Crippen LogP contribution in [-0.4, -0.2) is 22.4 Å². The summed E-state index contributed by atoms with van der Waals surface area (Å²) in [6.45, 7) is 1.74. The van der Waals surface area contributed by atoms with Crippen molar-refractivity contribution < 1.29 is 14.4 Å². The number of fused-ring (bicyclic) bond motifs is 2. The summed E-state index contributed by atoms with van der Waals surface area (Å²) in [4.78, 5) is 15.3. The molecule has 31 heavy (non-hydrogen) atoms. The highest BCUT2D eigenvalue weighted by Crippen LogP contribution is 2.38. The molecule has 6 nitrogen and oxygen atoms in total. The van der Waals surface area contributed by atoms with E-state index in [2.05, 4.69) is 10.1 Å². The van der Waals surface area contributed by atoms with Gasteiger partial charge in [0.25, 0.3) is 5.56 Å². The Hall–Kier alpha value is -3.77. The number of H-pyrrole nitrogens is 1. The average Bonchev–Trinajstić information content (AvgIpc) is 3.18. The first-order chi connectivity index (χ1) is 14.9. The number of methoxy groups -OCH3 is 1.